The van der Waals surface area contributed by atoms with Crippen molar-refractivity contribution in [2.45, 2.75) is 30.1 Å². The van der Waals surface area contributed by atoms with Gasteiger partial charge in [0.2, 0.25) is 0 Å². The molecule has 136 valence electrons. The van der Waals surface area contributed by atoms with E-state index >= 15 is 0 Å². The molecule has 27 heavy (non-hydrogen) atoms. The van der Waals surface area contributed by atoms with Crippen LogP contribution >= 0.6 is 11.8 Å². The summed E-state index contributed by atoms with van der Waals surface area (Å²) in [7, 11) is 0. The van der Waals surface area contributed by atoms with Crippen molar-refractivity contribution < 1.29 is 8.81 Å². The van der Waals surface area contributed by atoms with Crippen molar-refractivity contribution in [3.05, 3.63) is 60.6 Å². The van der Waals surface area contributed by atoms with Gasteiger partial charge < -0.3 is 4.42 Å². The first-order chi connectivity index (χ1) is 13.3. The molecule has 0 saturated carbocycles. The Labute approximate surface area is 157 Å². The van der Waals surface area contributed by atoms with E-state index in [2.05, 4.69) is 30.1 Å². The van der Waals surface area contributed by atoms with Crippen LogP contribution in [0.1, 0.15) is 18.4 Å². The quantitative estimate of drug-likeness (QED) is 0.469. The second-order valence-electron chi connectivity index (χ2n) is 5.46. The van der Waals surface area contributed by atoms with Gasteiger partial charge in [-0.15, -0.1) is 10.2 Å². The molecule has 0 spiro atoms. The lowest BCUT2D eigenvalue weighted by molar-refractivity contribution is 0.485. The number of furan rings is 1. The normalized spacial score (nSPS) is 11.0. The van der Waals surface area contributed by atoms with Crippen molar-refractivity contribution in [1.82, 2.24) is 34.7 Å². The molecule has 4 aromatic rings. The Morgan fingerprint density at radius 3 is 2.85 bits per heavy atom. The monoisotopic (exact) mass is 383 g/mol. The van der Waals surface area contributed by atoms with E-state index in [4.69, 9.17) is 4.42 Å². The highest BCUT2D eigenvalue weighted by molar-refractivity contribution is 7.99. The van der Waals surface area contributed by atoms with E-state index in [1.165, 1.54) is 6.33 Å². The lowest BCUT2D eigenvalue weighted by Gasteiger charge is -2.08. The second-order valence-corrected chi connectivity index (χ2v) is 6.41. The first-order valence-electron chi connectivity index (χ1n) is 8.15. The molecule has 0 aliphatic heterocycles. The van der Waals surface area contributed by atoms with Crippen LogP contribution in [0.15, 0.2) is 57.9 Å². The maximum atomic E-state index is 14.6. The van der Waals surface area contributed by atoms with Gasteiger partial charge >= 0.3 is 0 Å². The molecular weight excluding hydrogens is 369 g/mol. The Morgan fingerprint density at radius 2 is 2.11 bits per heavy atom. The number of hydrogen-bond donors (Lipinski definition) is 0. The standard InChI is InChI=1S/C17H14FN7OS/c1-2-12-14(18)16(22-10-21-12)27-17-24-23-15(13-8-19-5-6-20-13)25(17)9-11-4-3-7-26-11/h3-8,10H,2,9H2,1H3. The predicted octanol–water partition coefficient (Wildman–Crippen LogP) is 3.02. The Hall–Kier alpha value is -3.14. The van der Waals surface area contributed by atoms with E-state index in [0.29, 0.717) is 41.1 Å². The molecule has 0 aliphatic carbocycles. The van der Waals surface area contributed by atoms with E-state index in [-0.39, 0.29) is 5.03 Å². The topological polar surface area (TPSA) is 95.4 Å². The fraction of sp³-hybridized carbons (Fsp3) is 0.176. The van der Waals surface area contributed by atoms with Crippen LogP contribution in [-0.2, 0) is 13.0 Å². The summed E-state index contributed by atoms with van der Waals surface area (Å²) < 4.78 is 21.8. The van der Waals surface area contributed by atoms with Crippen molar-refractivity contribution in [3.63, 3.8) is 0 Å². The molecule has 4 aromatic heterocycles. The maximum Gasteiger partial charge on any atom is 0.198 e. The fourth-order valence-electron chi connectivity index (χ4n) is 2.46. The van der Waals surface area contributed by atoms with Gasteiger partial charge in [0, 0.05) is 12.4 Å². The van der Waals surface area contributed by atoms with E-state index in [9.17, 15) is 4.39 Å². The minimum Gasteiger partial charge on any atom is -0.467 e. The summed E-state index contributed by atoms with van der Waals surface area (Å²) in [5.41, 5.74) is 0.916. The van der Waals surface area contributed by atoms with Crippen LogP contribution < -0.4 is 0 Å². The number of aromatic nitrogens is 7. The second kappa shape index (κ2) is 7.62. The van der Waals surface area contributed by atoms with Crippen LogP contribution in [0.5, 0.6) is 0 Å². The predicted molar refractivity (Wildman–Crippen MR) is 94.3 cm³/mol. The third kappa shape index (κ3) is 3.56. The van der Waals surface area contributed by atoms with Crippen molar-refractivity contribution >= 4 is 11.8 Å². The third-order valence-electron chi connectivity index (χ3n) is 3.76. The molecular formula is C17H14FN7OS. The minimum absolute atomic E-state index is 0.195. The first-order valence-corrected chi connectivity index (χ1v) is 8.97. The molecule has 0 saturated heterocycles. The number of hydrogen-bond acceptors (Lipinski definition) is 8. The largest absolute Gasteiger partial charge is 0.467 e. The average Bonchev–Trinajstić information content (AvgIpc) is 3.35. The van der Waals surface area contributed by atoms with Gasteiger partial charge in [-0.2, -0.15) is 0 Å². The summed E-state index contributed by atoms with van der Waals surface area (Å²) in [6.45, 7) is 2.20. The Morgan fingerprint density at radius 1 is 1.19 bits per heavy atom. The Kier molecular flexibility index (Phi) is 4.88. The number of rotatable bonds is 6. The molecule has 10 heteroatoms. The molecule has 0 fully saturated rings. The zero-order valence-corrected chi connectivity index (χ0v) is 15.1. The average molecular weight is 383 g/mol. The molecule has 4 heterocycles. The van der Waals surface area contributed by atoms with Gasteiger partial charge in [0.25, 0.3) is 0 Å². The van der Waals surface area contributed by atoms with Crippen molar-refractivity contribution in [3.8, 4) is 11.5 Å². The van der Waals surface area contributed by atoms with Gasteiger partial charge in [0.05, 0.1) is 24.7 Å². The summed E-state index contributed by atoms with van der Waals surface area (Å²) >= 11 is 1.08. The Bertz CT molecular complexity index is 1040. The zero-order valence-electron chi connectivity index (χ0n) is 14.3. The first kappa shape index (κ1) is 17.3. The molecule has 0 aliphatic rings. The smallest absolute Gasteiger partial charge is 0.198 e. The van der Waals surface area contributed by atoms with E-state index in [1.54, 1.807) is 35.5 Å². The van der Waals surface area contributed by atoms with E-state index in [0.717, 1.165) is 11.8 Å². The maximum absolute atomic E-state index is 14.6. The molecule has 0 bridgehead atoms. The van der Waals surface area contributed by atoms with Gasteiger partial charge in [0.1, 0.15) is 22.8 Å². The van der Waals surface area contributed by atoms with Gasteiger partial charge in [-0.25, -0.2) is 19.3 Å². The highest BCUT2D eigenvalue weighted by Crippen LogP contribution is 2.30. The lowest BCUT2D eigenvalue weighted by Crippen LogP contribution is -2.05. The molecule has 0 N–H and O–H groups in total. The van der Waals surface area contributed by atoms with Crippen molar-refractivity contribution in [2.24, 2.45) is 0 Å². The van der Waals surface area contributed by atoms with Crippen LogP contribution in [0.3, 0.4) is 0 Å². The van der Waals surface area contributed by atoms with Gasteiger partial charge in [-0.3, -0.25) is 9.55 Å². The van der Waals surface area contributed by atoms with Crippen LogP contribution in [-0.4, -0.2) is 34.7 Å². The van der Waals surface area contributed by atoms with Crippen molar-refractivity contribution in [1.29, 1.82) is 0 Å². The lowest BCUT2D eigenvalue weighted by atomic mass is 10.3. The molecule has 8 nitrogen and oxygen atoms in total. The summed E-state index contributed by atoms with van der Waals surface area (Å²) in [6, 6.07) is 3.64. The number of aryl methyl sites for hydroxylation is 1. The summed E-state index contributed by atoms with van der Waals surface area (Å²) in [5.74, 6) is 0.768. The van der Waals surface area contributed by atoms with E-state index < -0.39 is 5.82 Å². The molecule has 0 aromatic carbocycles. The summed E-state index contributed by atoms with van der Waals surface area (Å²) in [6.07, 6.45) is 8.16. The third-order valence-corrected chi connectivity index (χ3v) is 4.72. The van der Waals surface area contributed by atoms with Gasteiger partial charge in [0.15, 0.2) is 16.8 Å². The van der Waals surface area contributed by atoms with E-state index in [1.807, 2.05) is 13.0 Å². The minimum atomic E-state index is -0.446. The van der Waals surface area contributed by atoms with Crippen molar-refractivity contribution in [2.75, 3.05) is 0 Å². The highest BCUT2D eigenvalue weighted by Gasteiger charge is 2.20. The molecule has 0 amide bonds. The van der Waals surface area contributed by atoms with Gasteiger partial charge in [-0.05, 0) is 30.3 Å². The molecule has 0 unspecified atom stereocenters. The molecule has 0 atom stereocenters. The highest BCUT2D eigenvalue weighted by atomic mass is 32.2. The SMILES string of the molecule is CCc1ncnc(Sc2nnc(-c3cnccn3)n2Cc2ccco2)c1F. The Balaban J connectivity index is 1.75. The van der Waals surface area contributed by atoms with Crippen LogP contribution in [0.25, 0.3) is 11.5 Å². The molecule has 0 radical (unpaired) electrons. The van der Waals surface area contributed by atoms with Crippen LogP contribution in [0.4, 0.5) is 4.39 Å². The fourth-order valence-corrected chi connectivity index (χ4v) is 3.28. The number of halogens is 1. The molecule has 4 rings (SSSR count). The van der Waals surface area contributed by atoms with Crippen LogP contribution in [0, 0.1) is 5.82 Å². The summed E-state index contributed by atoms with van der Waals surface area (Å²) in [5, 5.41) is 9.08. The van der Waals surface area contributed by atoms with Gasteiger partial charge in [-0.1, -0.05) is 6.92 Å². The van der Waals surface area contributed by atoms with Crippen LogP contribution in [0.2, 0.25) is 0 Å². The summed E-state index contributed by atoms with van der Waals surface area (Å²) in [4.78, 5) is 16.4. The number of nitrogens with zero attached hydrogens (tertiary/aromatic N) is 7. The zero-order chi connectivity index (χ0) is 18.6.